The van der Waals surface area contributed by atoms with Crippen LogP contribution in [0.5, 0.6) is 11.6 Å². The van der Waals surface area contributed by atoms with Gasteiger partial charge in [0, 0.05) is 42.1 Å². The Labute approximate surface area is 153 Å². The minimum Gasteiger partial charge on any atom is -0.495 e. The van der Waals surface area contributed by atoms with Crippen molar-refractivity contribution in [2.24, 2.45) is 5.92 Å². The summed E-state index contributed by atoms with van der Waals surface area (Å²) in [6.07, 6.45) is 6.74. The molecule has 0 spiro atoms. The molecule has 0 saturated heterocycles. The van der Waals surface area contributed by atoms with E-state index in [1.807, 2.05) is 25.3 Å². The number of methoxy groups -OCH3 is 1. The van der Waals surface area contributed by atoms with Gasteiger partial charge in [-0.05, 0) is 37.8 Å². The molecule has 0 aliphatic heterocycles. The third-order valence-corrected chi connectivity index (χ3v) is 5.32. The molecule has 0 aromatic carbocycles. The molecule has 26 heavy (non-hydrogen) atoms. The average molecular weight is 353 g/mol. The van der Waals surface area contributed by atoms with Crippen LogP contribution in [-0.2, 0) is 4.79 Å². The zero-order valence-electron chi connectivity index (χ0n) is 15.1. The highest BCUT2D eigenvalue weighted by atomic mass is 16.5. The lowest BCUT2D eigenvalue weighted by Gasteiger charge is -2.14. The van der Waals surface area contributed by atoms with Gasteiger partial charge in [-0.25, -0.2) is 4.98 Å². The number of hydrogen-bond donors (Lipinski definition) is 0. The first-order valence-corrected chi connectivity index (χ1v) is 9.12. The third-order valence-electron chi connectivity index (χ3n) is 5.32. The van der Waals surface area contributed by atoms with Crippen molar-refractivity contribution >= 4 is 5.78 Å². The molecule has 2 saturated carbocycles. The molecule has 0 bridgehead atoms. The average Bonchev–Trinajstić information content (AvgIpc) is 3.31. The molecule has 6 nitrogen and oxygen atoms in total. The van der Waals surface area contributed by atoms with Crippen LogP contribution in [0, 0.1) is 12.8 Å². The standard InChI is InChI=1S/C20H23N3O3/c1-12-21-10-18(13-3-4-15(24)7-13)20(23-12)26-11-14-8-17(14)19-6-5-16(25-2)9-22-19/h5-6,9-10,13-14,17H,3-4,7-8,11H2,1-2H3/t13-,14-,17+/m1/s1. The lowest BCUT2D eigenvalue weighted by molar-refractivity contribution is -0.117. The number of nitrogens with zero attached hydrogens (tertiary/aromatic N) is 3. The smallest absolute Gasteiger partial charge is 0.220 e. The van der Waals surface area contributed by atoms with Gasteiger partial charge in [-0.15, -0.1) is 0 Å². The number of hydrogen-bond acceptors (Lipinski definition) is 6. The first-order valence-electron chi connectivity index (χ1n) is 9.12. The quantitative estimate of drug-likeness (QED) is 0.794. The van der Waals surface area contributed by atoms with Gasteiger partial charge in [-0.1, -0.05) is 0 Å². The molecular weight excluding hydrogens is 330 g/mol. The van der Waals surface area contributed by atoms with Crippen molar-refractivity contribution < 1.29 is 14.3 Å². The van der Waals surface area contributed by atoms with Crippen LogP contribution in [0.4, 0.5) is 0 Å². The van der Waals surface area contributed by atoms with E-state index in [0.717, 1.165) is 29.8 Å². The predicted molar refractivity (Wildman–Crippen MR) is 95.5 cm³/mol. The summed E-state index contributed by atoms with van der Waals surface area (Å²) in [5.41, 5.74) is 2.06. The van der Waals surface area contributed by atoms with Crippen molar-refractivity contribution in [2.75, 3.05) is 13.7 Å². The van der Waals surface area contributed by atoms with E-state index in [9.17, 15) is 4.79 Å². The number of Topliss-reactive ketones (excluding diaryl/α,β-unsaturated/α-hetero) is 1. The van der Waals surface area contributed by atoms with Gasteiger partial charge in [0.15, 0.2) is 0 Å². The molecule has 2 aromatic rings. The minimum absolute atomic E-state index is 0.191. The molecular formula is C20H23N3O3. The molecule has 0 N–H and O–H groups in total. The number of rotatable bonds is 6. The van der Waals surface area contributed by atoms with Crippen molar-refractivity contribution in [3.05, 3.63) is 41.6 Å². The summed E-state index contributed by atoms with van der Waals surface area (Å²) in [4.78, 5) is 24.9. The molecule has 0 amide bonds. The highest BCUT2D eigenvalue weighted by molar-refractivity contribution is 5.81. The van der Waals surface area contributed by atoms with E-state index in [-0.39, 0.29) is 5.92 Å². The van der Waals surface area contributed by atoms with Crippen molar-refractivity contribution in [3.8, 4) is 11.6 Å². The molecule has 4 rings (SSSR count). The topological polar surface area (TPSA) is 74.2 Å². The summed E-state index contributed by atoms with van der Waals surface area (Å²) in [6, 6.07) is 3.97. The van der Waals surface area contributed by atoms with Gasteiger partial charge in [0.25, 0.3) is 0 Å². The Morgan fingerprint density at radius 2 is 2.12 bits per heavy atom. The fraction of sp³-hybridized carbons (Fsp3) is 0.500. The van der Waals surface area contributed by atoms with Gasteiger partial charge in [-0.3, -0.25) is 9.78 Å². The SMILES string of the molecule is COc1ccc([C@H]2C[C@@H]2COc2nc(C)ncc2[C@@H]2CCC(=O)C2)nc1. The zero-order valence-corrected chi connectivity index (χ0v) is 15.1. The predicted octanol–water partition coefficient (Wildman–Crippen LogP) is 3.21. The molecule has 2 aliphatic carbocycles. The number of aryl methyl sites for hydroxylation is 1. The van der Waals surface area contributed by atoms with E-state index >= 15 is 0 Å². The lowest BCUT2D eigenvalue weighted by atomic mass is 10.0. The molecule has 0 radical (unpaired) electrons. The molecule has 6 heteroatoms. The van der Waals surface area contributed by atoms with E-state index < -0.39 is 0 Å². The van der Waals surface area contributed by atoms with Crippen LogP contribution >= 0.6 is 0 Å². The second-order valence-electron chi connectivity index (χ2n) is 7.19. The molecule has 0 unspecified atom stereocenters. The second-order valence-corrected chi connectivity index (χ2v) is 7.19. The molecule has 136 valence electrons. The first kappa shape index (κ1) is 16.9. The number of aromatic nitrogens is 3. The molecule has 2 fully saturated rings. The summed E-state index contributed by atoms with van der Waals surface area (Å²) in [5.74, 6) is 3.49. The molecule has 2 aromatic heterocycles. The fourth-order valence-electron chi connectivity index (χ4n) is 3.65. The third kappa shape index (κ3) is 3.54. The van der Waals surface area contributed by atoms with Crippen molar-refractivity contribution in [3.63, 3.8) is 0 Å². The fourth-order valence-corrected chi connectivity index (χ4v) is 3.65. The summed E-state index contributed by atoms with van der Waals surface area (Å²) in [5, 5.41) is 0. The van der Waals surface area contributed by atoms with Gasteiger partial charge in [0.05, 0.1) is 19.9 Å². The van der Waals surface area contributed by atoms with Crippen LogP contribution in [0.25, 0.3) is 0 Å². The summed E-state index contributed by atoms with van der Waals surface area (Å²) < 4.78 is 11.2. The molecule has 2 aliphatic rings. The Balaban J connectivity index is 1.40. The summed E-state index contributed by atoms with van der Waals surface area (Å²) >= 11 is 0. The van der Waals surface area contributed by atoms with E-state index in [4.69, 9.17) is 9.47 Å². The van der Waals surface area contributed by atoms with Crippen LogP contribution in [0.3, 0.4) is 0 Å². The van der Waals surface area contributed by atoms with Crippen LogP contribution < -0.4 is 9.47 Å². The monoisotopic (exact) mass is 353 g/mol. The second kappa shape index (κ2) is 7.02. The number of carbonyl (C=O) groups is 1. The minimum atomic E-state index is 0.191. The van der Waals surface area contributed by atoms with Crippen molar-refractivity contribution in [1.29, 1.82) is 0 Å². The number of ether oxygens (including phenoxy) is 2. The normalized spacial score (nSPS) is 24.5. The van der Waals surface area contributed by atoms with Crippen LogP contribution in [0.1, 0.15) is 54.6 Å². The highest BCUT2D eigenvalue weighted by Gasteiger charge is 2.40. The van der Waals surface area contributed by atoms with Gasteiger partial charge in [0.2, 0.25) is 5.88 Å². The molecule has 3 atom stereocenters. The Morgan fingerprint density at radius 3 is 2.81 bits per heavy atom. The Bertz CT molecular complexity index is 806. The maximum absolute atomic E-state index is 11.6. The van der Waals surface area contributed by atoms with Gasteiger partial charge in [-0.2, -0.15) is 4.98 Å². The Hall–Kier alpha value is -2.50. The summed E-state index contributed by atoms with van der Waals surface area (Å²) in [6.45, 7) is 2.47. The Kier molecular flexibility index (Phi) is 4.57. The highest BCUT2D eigenvalue weighted by Crippen LogP contribution is 2.47. The van der Waals surface area contributed by atoms with Crippen molar-refractivity contribution in [1.82, 2.24) is 15.0 Å². The van der Waals surface area contributed by atoms with Crippen LogP contribution in [0.15, 0.2) is 24.5 Å². The van der Waals surface area contributed by atoms with Crippen molar-refractivity contribution in [2.45, 2.75) is 44.4 Å². The van der Waals surface area contributed by atoms with Gasteiger partial charge >= 0.3 is 0 Å². The number of ketones is 1. The molecule has 2 heterocycles. The van der Waals surface area contributed by atoms with Crippen LogP contribution in [-0.4, -0.2) is 34.5 Å². The Morgan fingerprint density at radius 1 is 1.23 bits per heavy atom. The number of carbonyl (C=O) groups excluding carboxylic acids is 1. The van der Waals surface area contributed by atoms with E-state index in [1.54, 1.807) is 13.3 Å². The largest absolute Gasteiger partial charge is 0.495 e. The summed E-state index contributed by atoms with van der Waals surface area (Å²) in [7, 11) is 1.64. The van der Waals surface area contributed by atoms with E-state index in [1.165, 1.54) is 0 Å². The number of pyridine rings is 1. The van der Waals surface area contributed by atoms with Gasteiger partial charge in [0.1, 0.15) is 17.4 Å². The lowest BCUT2D eigenvalue weighted by Crippen LogP contribution is -2.09. The van der Waals surface area contributed by atoms with Crippen LogP contribution in [0.2, 0.25) is 0 Å². The van der Waals surface area contributed by atoms with E-state index in [2.05, 4.69) is 15.0 Å². The van der Waals surface area contributed by atoms with E-state index in [0.29, 0.717) is 48.8 Å². The first-order chi connectivity index (χ1) is 12.6. The van der Waals surface area contributed by atoms with Gasteiger partial charge < -0.3 is 9.47 Å². The zero-order chi connectivity index (χ0) is 18.1. The maximum Gasteiger partial charge on any atom is 0.220 e. The maximum atomic E-state index is 11.6.